The summed E-state index contributed by atoms with van der Waals surface area (Å²) in [4.78, 5) is 0. The average Bonchev–Trinajstić information content (AvgIpc) is 2.41. The van der Waals surface area contributed by atoms with Gasteiger partial charge in [-0.15, -0.1) is 11.6 Å². The van der Waals surface area contributed by atoms with Crippen LogP contribution in [0.5, 0.6) is 11.5 Å². The summed E-state index contributed by atoms with van der Waals surface area (Å²) in [5, 5.41) is 9.11. The van der Waals surface area contributed by atoms with Crippen molar-refractivity contribution in [1.29, 1.82) is 5.26 Å². The number of benzene rings is 2. The Morgan fingerprint density at radius 3 is 2.58 bits per heavy atom. The molecule has 0 aromatic heterocycles. The molecule has 0 bridgehead atoms. The largest absolute Gasteiger partial charge is 0.454 e. The molecule has 0 heterocycles. The van der Waals surface area contributed by atoms with E-state index >= 15 is 0 Å². The lowest BCUT2D eigenvalue weighted by Crippen LogP contribution is -1.90. The van der Waals surface area contributed by atoms with Crippen LogP contribution in [0.4, 0.5) is 4.39 Å². The minimum Gasteiger partial charge on any atom is -0.454 e. The molecule has 96 valence electrons. The van der Waals surface area contributed by atoms with E-state index in [2.05, 4.69) is 0 Å². The summed E-state index contributed by atoms with van der Waals surface area (Å²) in [5.74, 6) is 0.136. The lowest BCUT2D eigenvalue weighted by Gasteiger charge is -2.08. The Kier molecular flexibility index (Phi) is 4.26. The van der Waals surface area contributed by atoms with E-state index in [1.54, 1.807) is 18.2 Å². The third kappa shape index (κ3) is 3.17. The summed E-state index contributed by atoms with van der Waals surface area (Å²) in [5.41, 5.74) is 1.01. The number of nitriles is 1. The number of rotatable bonds is 3. The minimum atomic E-state index is -0.600. The summed E-state index contributed by atoms with van der Waals surface area (Å²) >= 11 is 11.7. The number of ether oxygens (including phenoxy) is 1. The van der Waals surface area contributed by atoms with Gasteiger partial charge >= 0.3 is 0 Å². The number of nitrogens with zero attached hydrogens (tertiary/aromatic N) is 1. The molecule has 2 rings (SSSR count). The van der Waals surface area contributed by atoms with Crippen molar-refractivity contribution in [3.05, 3.63) is 58.4 Å². The Morgan fingerprint density at radius 2 is 2.00 bits per heavy atom. The highest BCUT2D eigenvalue weighted by Crippen LogP contribution is 2.29. The lowest BCUT2D eigenvalue weighted by molar-refractivity contribution is 0.442. The molecule has 0 unspecified atom stereocenters. The zero-order valence-electron chi connectivity index (χ0n) is 9.66. The molecule has 0 aliphatic rings. The van der Waals surface area contributed by atoms with Crippen LogP contribution in [0.2, 0.25) is 5.02 Å². The molecule has 0 N–H and O–H groups in total. The monoisotopic (exact) mass is 295 g/mol. The SMILES string of the molecule is N#Cc1ccc(Oc2ccc(CCl)c(Cl)c2)c(F)c1. The van der Waals surface area contributed by atoms with Crippen LogP contribution in [-0.2, 0) is 5.88 Å². The normalized spacial score (nSPS) is 10.0. The van der Waals surface area contributed by atoms with Crippen LogP contribution >= 0.6 is 23.2 Å². The molecular formula is C14H8Cl2FNO. The first-order valence-electron chi connectivity index (χ1n) is 5.36. The highest BCUT2D eigenvalue weighted by atomic mass is 35.5. The molecule has 0 aliphatic carbocycles. The number of hydrogen-bond acceptors (Lipinski definition) is 2. The van der Waals surface area contributed by atoms with Gasteiger partial charge in [-0.05, 0) is 35.9 Å². The first kappa shape index (κ1) is 13.7. The molecule has 2 aromatic carbocycles. The predicted molar refractivity (Wildman–Crippen MR) is 72.2 cm³/mol. The van der Waals surface area contributed by atoms with E-state index in [-0.39, 0.29) is 11.3 Å². The molecule has 0 aliphatic heterocycles. The van der Waals surface area contributed by atoms with E-state index in [4.69, 9.17) is 33.2 Å². The van der Waals surface area contributed by atoms with Crippen LogP contribution in [0.25, 0.3) is 0 Å². The summed E-state index contributed by atoms with van der Waals surface area (Å²) < 4.78 is 19.0. The van der Waals surface area contributed by atoms with Gasteiger partial charge in [-0.2, -0.15) is 5.26 Å². The van der Waals surface area contributed by atoms with Crippen molar-refractivity contribution in [2.45, 2.75) is 5.88 Å². The highest BCUT2D eigenvalue weighted by molar-refractivity contribution is 6.32. The number of hydrogen-bond donors (Lipinski definition) is 0. The fourth-order valence-electron chi connectivity index (χ4n) is 1.48. The smallest absolute Gasteiger partial charge is 0.167 e. The maximum absolute atomic E-state index is 13.6. The van der Waals surface area contributed by atoms with Gasteiger partial charge in [-0.3, -0.25) is 0 Å². The third-order valence-electron chi connectivity index (χ3n) is 2.46. The van der Waals surface area contributed by atoms with E-state index in [1.807, 2.05) is 6.07 Å². The van der Waals surface area contributed by atoms with Gasteiger partial charge in [0.25, 0.3) is 0 Å². The molecule has 0 saturated carbocycles. The van der Waals surface area contributed by atoms with Crippen LogP contribution in [0.3, 0.4) is 0 Å². The topological polar surface area (TPSA) is 33.0 Å². The Hall–Kier alpha value is -1.76. The second-order valence-corrected chi connectivity index (χ2v) is 4.42. The van der Waals surface area contributed by atoms with Crippen molar-refractivity contribution in [1.82, 2.24) is 0 Å². The van der Waals surface area contributed by atoms with E-state index in [1.165, 1.54) is 12.1 Å². The van der Waals surface area contributed by atoms with E-state index in [0.717, 1.165) is 11.6 Å². The first-order chi connectivity index (χ1) is 9.13. The van der Waals surface area contributed by atoms with Gasteiger partial charge in [0.15, 0.2) is 11.6 Å². The van der Waals surface area contributed by atoms with Crippen molar-refractivity contribution in [3.63, 3.8) is 0 Å². The summed E-state index contributed by atoms with van der Waals surface area (Å²) in [6.45, 7) is 0. The van der Waals surface area contributed by atoms with Gasteiger partial charge in [-0.1, -0.05) is 17.7 Å². The Balaban J connectivity index is 2.26. The molecule has 5 heteroatoms. The molecule has 19 heavy (non-hydrogen) atoms. The van der Waals surface area contributed by atoms with Crippen molar-refractivity contribution < 1.29 is 9.13 Å². The quantitative estimate of drug-likeness (QED) is 0.756. The maximum atomic E-state index is 13.6. The van der Waals surface area contributed by atoms with Gasteiger partial charge in [0.2, 0.25) is 0 Å². The highest BCUT2D eigenvalue weighted by Gasteiger charge is 2.07. The minimum absolute atomic E-state index is 0.0358. The van der Waals surface area contributed by atoms with E-state index in [0.29, 0.717) is 16.7 Å². The molecule has 2 aromatic rings. The van der Waals surface area contributed by atoms with Crippen molar-refractivity contribution in [2.24, 2.45) is 0 Å². The standard InChI is InChI=1S/C14H8Cl2FNO/c15-7-10-2-3-11(6-12(10)16)19-14-4-1-9(8-18)5-13(14)17/h1-6H,7H2. The molecular weight excluding hydrogens is 288 g/mol. The maximum Gasteiger partial charge on any atom is 0.167 e. The van der Waals surface area contributed by atoms with Gasteiger partial charge in [0.05, 0.1) is 11.6 Å². The van der Waals surface area contributed by atoms with E-state index < -0.39 is 5.82 Å². The van der Waals surface area contributed by atoms with Crippen LogP contribution in [0.1, 0.15) is 11.1 Å². The van der Waals surface area contributed by atoms with Crippen LogP contribution in [0, 0.1) is 17.1 Å². The zero-order valence-corrected chi connectivity index (χ0v) is 11.2. The second-order valence-electron chi connectivity index (χ2n) is 3.75. The Bertz CT molecular complexity index is 652. The third-order valence-corrected chi connectivity index (χ3v) is 3.10. The van der Waals surface area contributed by atoms with Gasteiger partial charge < -0.3 is 4.74 Å². The van der Waals surface area contributed by atoms with Crippen LogP contribution in [-0.4, -0.2) is 0 Å². The molecule has 0 amide bonds. The van der Waals surface area contributed by atoms with Crippen molar-refractivity contribution in [2.75, 3.05) is 0 Å². The molecule has 0 radical (unpaired) electrons. The second kappa shape index (κ2) is 5.92. The molecule has 2 nitrogen and oxygen atoms in total. The fraction of sp³-hybridized carbons (Fsp3) is 0.0714. The average molecular weight is 296 g/mol. The number of alkyl halides is 1. The van der Waals surface area contributed by atoms with Crippen LogP contribution in [0.15, 0.2) is 36.4 Å². The summed E-state index contributed by atoms with van der Waals surface area (Å²) in [6.07, 6.45) is 0. The number of halogens is 3. The fourth-order valence-corrected chi connectivity index (χ4v) is 2.02. The summed E-state index contributed by atoms with van der Waals surface area (Å²) in [6, 6.07) is 10.8. The Labute approximate surface area is 119 Å². The van der Waals surface area contributed by atoms with Gasteiger partial charge in [0.1, 0.15) is 5.75 Å². The van der Waals surface area contributed by atoms with Crippen LogP contribution < -0.4 is 4.74 Å². The van der Waals surface area contributed by atoms with Gasteiger partial charge in [0, 0.05) is 10.9 Å². The van der Waals surface area contributed by atoms with Crippen molar-refractivity contribution >= 4 is 23.2 Å². The summed E-state index contributed by atoms with van der Waals surface area (Å²) in [7, 11) is 0. The molecule has 0 atom stereocenters. The Morgan fingerprint density at radius 1 is 1.21 bits per heavy atom. The molecule has 0 saturated heterocycles. The molecule has 0 spiro atoms. The van der Waals surface area contributed by atoms with E-state index in [9.17, 15) is 4.39 Å². The predicted octanol–water partition coefficient (Wildman–Crippen LogP) is 4.88. The van der Waals surface area contributed by atoms with Crippen molar-refractivity contribution in [3.8, 4) is 17.6 Å². The first-order valence-corrected chi connectivity index (χ1v) is 6.27. The zero-order chi connectivity index (χ0) is 13.8. The lowest BCUT2D eigenvalue weighted by atomic mass is 10.2. The molecule has 0 fully saturated rings. The van der Waals surface area contributed by atoms with Gasteiger partial charge in [-0.25, -0.2) is 4.39 Å².